The minimum Gasteiger partial charge on any atom is -0.325 e. The number of hydrogen-bond donors (Lipinski definition) is 1. The number of halogens is 2. The lowest BCUT2D eigenvalue weighted by molar-refractivity contribution is 0.451. The first-order valence-corrected chi connectivity index (χ1v) is 6.23. The molecule has 1 atom stereocenters. The highest BCUT2D eigenvalue weighted by molar-refractivity contribution is 5.23. The Kier molecular flexibility index (Phi) is 3.96. The molecule has 2 aromatic carbocycles. The van der Waals surface area contributed by atoms with E-state index >= 15 is 0 Å². The van der Waals surface area contributed by atoms with Crippen LogP contribution in [0.4, 0.5) is 8.78 Å². The fraction of sp³-hybridized carbons (Fsp3) is 0.250. The zero-order chi connectivity index (χ0) is 13.9. The second-order valence-electron chi connectivity index (χ2n) is 5.23. The van der Waals surface area contributed by atoms with Crippen molar-refractivity contribution in [1.82, 2.24) is 0 Å². The molecule has 1 unspecified atom stereocenters. The lowest BCUT2D eigenvalue weighted by Crippen LogP contribution is -2.41. The molecule has 0 aromatic heterocycles. The molecule has 2 N–H and O–H groups in total. The normalized spacial score (nSPS) is 14.1. The van der Waals surface area contributed by atoms with Crippen LogP contribution in [0.25, 0.3) is 0 Å². The summed E-state index contributed by atoms with van der Waals surface area (Å²) in [5.74, 6) is -0.505. The highest BCUT2D eigenvalue weighted by Gasteiger charge is 2.21. The molecule has 0 saturated carbocycles. The lowest BCUT2D eigenvalue weighted by atomic mass is 9.87. The molecule has 100 valence electrons. The maximum atomic E-state index is 13.6. The van der Waals surface area contributed by atoms with Crippen molar-refractivity contribution in [2.45, 2.75) is 25.3 Å². The SMILES string of the molecule is CC(N)(Cc1ccc(F)cc1)Cc1ccccc1F. The maximum Gasteiger partial charge on any atom is 0.126 e. The minimum absolute atomic E-state index is 0.238. The van der Waals surface area contributed by atoms with Gasteiger partial charge < -0.3 is 5.73 Å². The summed E-state index contributed by atoms with van der Waals surface area (Å²) in [6.07, 6.45) is 1.01. The first-order chi connectivity index (χ1) is 8.96. The molecule has 0 aliphatic carbocycles. The molecule has 3 heteroatoms. The molecule has 0 bridgehead atoms. The zero-order valence-corrected chi connectivity index (χ0v) is 10.9. The smallest absolute Gasteiger partial charge is 0.126 e. The molecule has 0 heterocycles. The molecule has 0 spiro atoms. The monoisotopic (exact) mass is 261 g/mol. The summed E-state index contributed by atoms with van der Waals surface area (Å²) in [5.41, 5.74) is 7.21. The van der Waals surface area contributed by atoms with Gasteiger partial charge in [-0.15, -0.1) is 0 Å². The average Bonchev–Trinajstić information content (AvgIpc) is 2.35. The molecule has 0 aliphatic heterocycles. The molecule has 0 radical (unpaired) electrons. The summed E-state index contributed by atoms with van der Waals surface area (Å²) in [7, 11) is 0. The van der Waals surface area contributed by atoms with Gasteiger partial charge in [0.15, 0.2) is 0 Å². The summed E-state index contributed by atoms with van der Waals surface area (Å²) >= 11 is 0. The second kappa shape index (κ2) is 5.49. The molecule has 19 heavy (non-hydrogen) atoms. The van der Waals surface area contributed by atoms with Gasteiger partial charge in [-0.25, -0.2) is 8.78 Å². The van der Waals surface area contributed by atoms with Crippen LogP contribution in [-0.2, 0) is 12.8 Å². The van der Waals surface area contributed by atoms with Gasteiger partial charge in [0, 0.05) is 5.54 Å². The highest BCUT2D eigenvalue weighted by Crippen LogP contribution is 2.18. The predicted molar refractivity (Wildman–Crippen MR) is 72.8 cm³/mol. The number of rotatable bonds is 4. The average molecular weight is 261 g/mol. The molecule has 2 rings (SSSR count). The van der Waals surface area contributed by atoms with Crippen molar-refractivity contribution in [3.05, 3.63) is 71.3 Å². The molecule has 0 amide bonds. The van der Waals surface area contributed by atoms with Crippen LogP contribution in [0.1, 0.15) is 18.1 Å². The summed E-state index contributed by atoms with van der Waals surface area (Å²) in [5, 5.41) is 0. The van der Waals surface area contributed by atoms with Crippen LogP contribution in [0.15, 0.2) is 48.5 Å². The largest absolute Gasteiger partial charge is 0.325 e. The Morgan fingerprint density at radius 3 is 2.21 bits per heavy atom. The van der Waals surface area contributed by atoms with Gasteiger partial charge in [-0.05, 0) is 49.1 Å². The third-order valence-corrected chi connectivity index (χ3v) is 3.07. The van der Waals surface area contributed by atoms with Crippen LogP contribution in [0, 0.1) is 11.6 Å². The van der Waals surface area contributed by atoms with Gasteiger partial charge >= 0.3 is 0 Å². The van der Waals surface area contributed by atoms with Crippen LogP contribution in [-0.4, -0.2) is 5.54 Å². The zero-order valence-electron chi connectivity index (χ0n) is 10.9. The van der Waals surface area contributed by atoms with Gasteiger partial charge in [0.25, 0.3) is 0 Å². The number of benzene rings is 2. The van der Waals surface area contributed by atoms with E-state index < -0.39 is 5.54 Å². The fourth-order valence-corrected chi connectivity index (χ4v) is 2.21. The fourth-order valence-electron chi connectivity index (χ4n) is 2.21. The van der Waals surface area contributed by atoms with E-state index in [1.165, 1.54) is 18.2 Å². The number of hydrogen-bond acceptors (Lipinski definition) is 1. The quantitative estimate of drug-likeness (QED) is 0.896. The summed E-state index contributed by atoms with van der Waals surface area (Å²) < 4.78 is 26.4. The van der Waals surface area contributed by atoms with E-state index in [0.717, 1.165) is 5.56 Å². The van der Waals surface area contributed by atoms with E-state index in [1.807, 2.05) is 6.92 Å². The summed E-state index contributed by atoms with van der Waals surface area (Å²) in [6, 6.07) is 12.9. The molecular formula is C16H17F2N. The van der Waals surface area contributed by atoms with E-state index in [2.05, 4.69) is 0 Å². The topological polar surface area (TPSA) is 26.0 Å². The van der Waals surface area contributed by atoms with Crippen LogP contribution >= 0.6 is 0 Å². The summed E-state index contributed by atoms with van der Waals surface area (Å²) in [6.45, 7) is 1.88. The Morgan fingerprint density at radius 2 is 1.58 bits per heavy atom. The molecule has 0 saturated heterocycles. The van der Waals surface area contributed by atoms with Gasteiger partial charge in [0.05, 0.1) is 0 Å². The van der Waals surface area contributed by atoms with Crippen LogP contribution in [0.3, 0.4) is 0 Å². The standard InChI is InChI=1S/C16H17F2N/c1-16(19,10-12-6-8-14(17)9-7-12)11-13-4-2-3-5-15(13)18/h2-9H,10-11,19H2,1H3. The van der Waals surface area contributed by atoms with Crippen molar-refractivity contribution >= 4 is 0 Å². The first kappa shape index (κ1) is 13.7. The van der Waals surface area contributed by atoms with Gasteiger partial charge in [-0.3, -0.25) is 0 Å². The van der Waals surface area contributed by atoms with E-state index in [-0.39, 0.29) is 11.6 Å². The molecule has 1 nitrogen and oxygen atoms in total. The second-order valence-corrected chi connectivity index (χ2v) is 5.23. The van der Waals surface area contributed by atoms with E-state index in [1.54, 1.807) is 30.3 Å². The van der Waals surface area contributed by atoms with Gasteiger partial charge in [-0.1, -0.05) is 30.3 Å². The van der Waals surface area contributed by atoms with E-state index in [4.69, 9.17) is 5.73 Å². The van der Waals surface area contributed by atoms with Crippen LogP contribution < -0.4 is 5.73 Å². The van der Waals surface area contributed by atoms with Gasteiger partial charge in [0.1, 0.15) is 11.6 Å². The Balaban J connectivity index is 2.10. The highest BCUT2D eigenvalue weighted by atomic mass is 19.1. The minimum atomic E-state index is -0.569. The Hall–Kier alpha value is -1.74. The molecular weight excluding hydrogens is 244 g/mol. The predicted octanol–water partition coefficient (Wildman–Crippen LogP) is 3.47. The summed E-state index contributed by atoms with van der Waals surface area (Å²) in [4.78, 5) is 0. The molecule has 0 aliphatic rings. The Labute approximate surface area is 112 Å². The van der Waals surface area contributed by atoms with E-state index in [9.17, 15) is 8.78 Å². The van der Waals surface area contributed by atoms with Gasteiger partial charge in [0.2, 0.25) is 0 Å². The van der Waals surface area contributed by atoms with Gasteiger partial charge in [-0.2, -0.15) is 0 Å². The van der Waals surface area contributed by atoms with Crippen molar-refractivity contribution in [2.24, 2.45) is 5.73 Å². The van der Waals surface area contributed by atoms with Crippen molar-refractivity contribution in [3.63, 3.8) is 0 Å². The van der Waals surface area contributed by atoms with Crippen molar-refractivity contribution < 1.29 is 8.78 Å². The van der Waals surface area contributed by atoms with Crippen LogP contribution in [0.2, 0.25) is 0 Å². The lowest BCUT2D eigenvalue weighted by Gasteiger charge is -2.25. The first-order valence-electron chi connectivity index (χ1n) is 6.23. The molecule has 2 aromatic rings. The maximum absolute atomic E-state index is 13.6. The van der Waals surface area contributed by atoms with Crippen molar-refractivity contribution in [3.8, 4) is 0 Å². The molecule has 0 fully saturated rings. The Bertz CT molecular complexity index is 547. The van der Waals surface area contributed by atoms with E-state index in [0.29, 0.717) is 18.4 Å². The third kappa shape index (κ3) is 3.86. The van der Waals surface area contributed by atoms with Crippen LogP contribution in [0.5, 0.6) is 0 Å². The third-order valence-electron chi connectivity index (χ3n) is 3.07. The van der Waals surface area contributed by atoms with Crippen molar-refractivity contribution in [2.75, 3.05) is 0 Å². The number of nitrogens with two attached hydrogens (primary N) is 1. The Morgan fingerprint density at radius 1 is 0.947 bits per heavy atom. The van der Waals surface area contributed by atoms with Crippen molar-refractivity contribution in [1.29, 1.82) is 0 Å².